The highest BCUT2D eigenvalue weighted by Crippen LogP contribution is 2.20. The van der Waals surface area contributed by atoms with Crippen molar-refractivity contribution in [3.8, 4) is 11.1 Å². The van der Waals surface area contributed by atoms with Crippen LogP contribution in [0.25, 0.3) is 11.1 Å². The van der Waals surface area contributed by atoms with E-state index in [-0.39, 0.29) is 0 Å². The zero-order valence-electron chi connectivity index (χ0n) is 8.24. The first-order valence-corrected chi connectivity index (χ1v) is 4.68. The number of aryl methyl sites for hydroxylation is 1. The molecule has 0 aliphatic carbocycles. The van der Waals surface area contributed by atoms with Crippen LogP contribution in [0.1, 0.15) is 6.92 Å². The molecule has 1 heterocycles. The molecule has 1 aromatic heterocycles. The van der Waals surface area contributed by atoms with Gasteiger partial charge in [-0.1, -0.05) is 0 Å². The minimum absolute atomic E-state index is 0.507. The molecule has 0 atom stereocenters. The second-order valence-corrected chi connectivity index (χ2v) is 3.24. The standard InChI is InChI=1S/C11H10F2N2/c1-2-15-7-9(6-14-15)8-3-10(12)5-11(13)4-8/h3-7H,2H2,1H3. The fraction of sp³-hybridized carbons (Fsp3) is 0.182. The predicted molar refractivity (Wildman–Crippen MR) is 53.3 cm³/mol. The number of halogens is 2. The molecule has 0 aliphatic heterocycles. The van der Waals surface area contributed by atoms with Crippen LogP contribution < -0.4 is 0 Å². The molecule has 0 saturated heterocycles. The van der Waals surface area contributed by atoms with E-state index in [4.69, 9.17) is 0 Å². The Morgan fingerprint density at radius 1 is 1.13 bits per heavy atom. The molecule has 2 rings (SSSR count). The van der Waals surface area contributed by atoms with E-state index in [0.717, 1.165) is 18.2 Å². The van der Waals surface area contributed by atoms with Crippen LogP contribution in [0, 0.1) is 11.6 Å². The van der Waals surface area contributed by atoms with E-state index in [1.807, 2.05) is 6.92 Å². The van der Waals surface area contributed by atoms with Gasteiger partial charge >= 0.3 is 0 Å². The molecule has 0 amide bonds. The molecule has 78 valence electrons. The van der Waals surface area contributed by atoms with Crippen LogP contribution in [0.3, 0.4) is 0 Å². The van der Waals surface area contributed by atoms with E-state index in [1.165, 1.54) is 12.1 Å². The van der Waals surface area contributed by atoms with Crippen LogP contribution in [0.4, 0.5) is 8.78 Å². The Labute approximate surface area is 86.2 Å². The van der Waals surface area contributed by atoms with Gasteiger partial charge in [0, 0.05) is 24.4 Å². The van der Waals surface area contributed by atoms with Crippen molar-refractivity contribution in [3.63, 3.8) is 0 Å². The lowest BCUT2D eigenvalue weighted by molar-refractivity contribution is 0.584. The number of hydrogen-bond donors (Lipinski definition) is 0. The minimum Gasteiger partial charge on any atom is -0.272 e. The molecule has 2 nitrogen and oxygen atoms in total. The third-order valence-corrected chi connectivity index (χ3v) is 2.15. The molecule has 0 spiro atoms. The van der Waals surface area contributed by atoms with Crippen molar-refractivity contribution in [3.05, 3.63) is 42.2 Å². The Balaban J connectivity index is 2.44. The highest BCUT2D eigenvalue weighted by molar-refractivity contribution is 5.61. The summed E-state index contributed by atoms with van der Waals surface area (Å²) in [5.74, 6) is -1.15. The lowest BCUT2D eigenvalue weighted by Crippen LogP contribution is -1.92. The van der Waals surface area contributed by atoms with Gasteiger partial charge in [-0.3, -0.25) is 4.68 Å². The van der Waals surface area contributed by atoms with E-state index in [9.17, 15) is 8.78 Å². The number of hydrogen-bond acceptors (Lipinski definition) is 1. The fourth-order valence-electron chi connectivity index (χ4n) is 1.41. The maximum absolute atomic E-state index is 12.9. The Hall–Kier alpha value is -1.71. The fourth-order valence-corrected chi connectivity index (χ4v) is 1.41. The van der Waals surface area contributed by atoms with Gasteiger partial charge in [-0.05, 0) is 24.6 Å². The third-order valence-electron chi connectivity index (χ3n) is 2.15. The van der Waals surface area contributed by atoms with E-state index in [0.29, 0.717) is 5.56 Å². The first-order chi connectivity index (χ1) is 7.19. The van der Waals surface area contributed by atoms with Crippen molar-refractivity contribution >= 4 is 0 Å². The average molecular weight is 208 g/mol. The Bertz CT molecular complexity index is 457. The Morgan fingerprint density at radius 3 is 2.33 bits per heavy atom. The summed E-state index contributed by atoms with van der Waals surface area (Å²) in [6.45, 7) is 2.68. The van der Waals surface area contributed by atoms with E-state index < -0.39 is 11.6 Å². The molecule has 0 N–H and O–H groups in total. The monoisotopic (exact) mass is 208 g/mol. The topological polar surface area (TPSA) is 17.8 Å². The van der Waals surface area contributed by atoms with Crippen molar-refractivity contribution < 1.29 is 8.78 Å². The lowest BCUT2D eigenvalue weighted by Gasteiger charge is -1.98. The molecule has 0 fully saturated rings. The predicted octanol–water partition coefficient (Wildman–Crippen LogP) is 2.85. The van der Waals surface area contributed by atoms with Crippen LogP contribution in [0.5, 0.6) is 0 Å². The highest BCUT2D eigenvalue weighted by atomic mass is 19.1. The summed E-state index contributed by atoms with van der Waals surface area (Å²) in [4.78, 5) is 0. The van der Waals surface area contributed by atoms with Crippen molar-refractivity contribution in [2.24, 2.45) is 0 Å². The van der Waals surface area contributed by atoms with Crippen molar-refractivity contribution in [1.82, 2.24) is 9.78 Å². The van der Waals surface area contributed by atoms with E-state index in [2.05, 4.69) is 5.10 Å². The number of aromatic nitrogens is 2. The third kappa shape index (κ3) is 2.03. The molecule has 0 aliphatic rings. The van der Waals surface area contributed by atoms with Crippen LogP contribution in [0.2, 0.25) is 0 Å². The molecular formula is C11H10F2N2. The molecule has 1 aromatic carbocycles. The van der Waals surface area contributed by atoms with Crippen molar-refractivity contribution in [1.29, 1.82) is 0 Å². The SMILES string of the molecule is CCn1cc(-c2cc(F)cc(F)c2)cn1. The second kappa shape index (κ2) is 3.81. The molecule has 0 bridgehead atoms. The van der Waals surface area contributed by atoms with Crippen LogP contribution in [0.15, 0.2) is 30.6 Å². The van der Waals surface area contributed by atoms with Crippen molar-refractivity contribution in [2.75, 3.05) is 0 Å². The van der Waals surface area contributed by atoms with Crippen LogP contribution in [-0.2, 0) is 6.54 Å². The quantitative estimate of drug-likeness (QED) is 0.742. The molecule has 0 radical (unpaired) electrons. The van der Waals surface area contributed by atoms with Gasteiger partial charge in [0.15, 0.2) is 0 Å². The largest absolute Gasteiger partial charge is 0.272 e. The van der Waals surface area contributed by atoms with Gasteiger partial charge in [0.2, 0.25) is 0 Å². The van der Waals surface area contributed by atoms with E-state index in [1.54, 1.807) is 17.1 Å². The van der Waals surface area contributed by atoms with Gasteiger partial charge in [-0.2, -0.15) is 5.10 Å². The molecular weight excluding hydrogens is 198 g/mol. The normalized spacial score (nSPS) is 10.6. The van der Waals surface area contributed by atoms with Gasteiger partial charge in [-0.25, -0.2) is 8.78 Å². The average Bonchev–Trinajstić information content (AvgIpc) is 2.64. The zero-order chi connectivity index (χ0) is 10.8. The second-order valence-electron chi connectivity index (χ2n) is 3.24. The van der Waals surface area contributed by atoms with Crippen molar-refractivity contribution in [2.45, 2.75) is 13.5 Å². The first kappa shape index (κ1) is 9.83. The van der Waals surface area contributed by atoms with Gasteiger partial charge in [0.1, 0.15) is 11.6 Å². The van der Waals surface area contributed by atoms with Gasteiger partial charge in [-0.15, -0.1) is 0 Å². The lowest BCUT2D eigenvalue weighted by atomic mass is 10.1. The zero-order valence-corrected chi connectivity index (χ0v) is 8.24. The van der Waals surface area contributed by atoms with Gasteiger partial charge < -0.3 is 0 Å². The van der Waals surface area contributed by atoms with E-state index >= 15 is 0 Å². The molecule has 0 saturated carbocycles. The molecule has 15 heavy (non-hydrogen) atoms. The molecule has 0 unspecified atom stereocenters. The number of benzene rings is 1. The smallest absolute Gasteiger partial charge is 0.126 e. The summed E-state index contributed by atoms with van der Waals surface area (Å²) < 4.78 is 27.6. The maximum Gasteiger partial charge on any atom is 0.126 e. The summed E-state index contributed by atoms with van der Waals surface area (Å²) in [5, 5.41) is 4.04. The molecule has 4 heteroatoms. The maximum atomic E-state index is 12.9. The Kier molecular flexibility index (Phi) is 2.49. The van der Waals surface area contributed by atoms with Gasteiger partial charge in [0.25, 0.3) is 0 Å². The highest BCUT2D eigenvalue weighted by Gasteiger charge is 2.04. The number of nitrogens with zero attached hydrogens (tertiary/aromatic N) is 2. The summed E-state index contributed by atoms with van der Waals surface area (Å²) >= 11 is 0. The molecule has 2 aromatic rings. The Morgan fingerprint density at radius 2 is 1.80 bits per heavy atom. The first-order valence-electron chi connectivity index (χ1n) is 4.68. The summed E-state index contributed by atoms with van der Waals surface area (Å²) in [7, 11) is 0. The van der Waals surface area contributed by atoms with Crippen LogP contribution >= 0.6 is 0 Å². The summed E-state index contributed by atoms with van der Waals surface area (Å²) in [6, 6.07) is 3.44. The summed E-state index contributed by atoms with van der Waals surface area (Å²) in [6.07, 6.45) is 3.35. The van der Waals surface area contributed by atoms with Gasteiger partial charge in [0.05, 0.1) is 6.20 Å². The summed E-state index contributed by atoms with van der Waals surface area (Å²) in [5.41, 5.74) is 1.22. The minimum atomic E-state index is -0.575. The number of rotatable bonds is 2. The van der Waals surface area contributed by atoms with Crippen LogP contribution in [-0.4, -0.2) is 9.78 Å².